The molecule has 0 amide bonds. The predicted octanol–water partition coefficient (Wildman–Crippen LogP) is 2.67. The lowest BCUT2D eigenvalue weighted by molar-refractivity contribution is 0.566. The second-order valence-electron chi connectivity index (χ2n) is 2.69. The van der Waals surface area contributed by atoms with Crippen molar-refractivity contribution in [1.29, 1.82) is 0 Å². The van der Waals surface area contributed by atoms with Crippen LogP contribution in [-0.4, -0.2) is 12.8 Å². The zero-order chi connectivity index (χ0) is 9.84. The van der Waals surface area contributed by atoms with E-state index in [0.717, 1.165) is 0 Å². The van der Waals surface area contributed by atoms with Gasteiger partial charge in [0, 0.05) is 22.4 Å². The molecule has 0 saturated carbocycles. The van der Waals surface area contributed by atoms with E-state index in [-0.39, 0.29) is 11.9 Å². The fourth-order valence-corrected chi connectivity index (χ4v) is 1.69. The Morgan fingerprint density at radius 3 is 2.85 bits per heavy atom. The molecule has 4 heteroatoms. The van der Waals surface area contributed by atoms with Crippen LogP contribution in [0.25, 0.3) is 0 Å². The van der Waals surface area contributed by atoms with Gasteiger partial charge in [-0.15, -0.1) is 0 Å². The Morgan fingerprint density at radius 1 is 1.62 bits per heavy atom. The lowest BCUT2D eigenvalue weighted by atomic mass is 10.1. The topological polar surface area (TPSA) is 12.0 Å². The quantitative estimate of drug-likeness (QED) is 0.745. The van der Waals surface area contributed by atoms with Gasteiger partial charge in [-0.05, 0) is 25.2 Å². The summed E-state index contributed by atoms with van der Waals surface area (Å²) < 4.78 is 13.3. The third kappa shape index (κ3) is 2.59. The first-order valence-electron chi connectivity index (χ1n) is 3.92. The minimum atomic E-state index is -0.252. The normalized spacial score (nSPS) is 12.9. The van der Waals surface area contributed by atoms with Crippen LogP contribution in [0.2, 0.25) is 5.02 Å². The molecule has 0 aliphatic carbocycles. The maximum atomic E-state index is 13.3. The average molecular weight is 220 g/mol. The van der Waals surface area contributed by atoms with Gasteiger partial charge >= 0.3 is 0 Å². The highest BCUT2D eigenvalue weighted by molar-refractivity contribution is 7.80. The Hall–Kier alpha value is -0.250. The van der Waals surface area contributed by atoms with Gasteiger partial charge in [0.1, 0.15) is 5.82 Å². The van der Waals surface area contributed by atoms with Crippen LogP contribution in [0.3, 0.4) is 0 Å². The summed E-state index contributed by atoms with van der Waals surface area (Å²) in [6.45, 7) is 0. The third-order valence-electron chi connectivity index (χ3n) is 1.86. The van der Waals surface area contributed by atoms with Gasteiger partial charge < -0.3 is 5.32 Å². The van der Waals surface area contributed by atoms with Gasteiger partial charge in [0.25, 0.3) is 0 Å². The third-order valence-corrected chi connectivity index (χ3v) is 2.46. The van der Waals surface area contributed by atoms with Crippen molar-refractivity contribution in [3.63, 3.8) is 0 Å². The van der Waals surface area contributed by atoms with E-state index in [0.29, 0.717) is 16.3 Å². The molecule has 0 spiro atoms. The van der Waals surface area contributed by atoms with E-state index in [4.69, 9.17) is 11.6 Å². The highest BCUT2D eigenvalue weighted by atomic mass is 35.5. The van der Waals surface area contributed by atoms with Gasteiger partial charge in [0.2, 0.25) is 0 Å². The van der Waals surface area contributed by atoms with E-state index in [2.05, 4.69) is 17.9 Å². The van der Waals surface area contributed by atoms with Gasteiger partial charge in [-0.25, -0.2) is 4.39 Å². The molecule has 1 rings (SSSR count). The second kappa shape index (κ2) is 4.84. The summed E-state index contributed by atoms with van der Waals surface area (Å²) in [6, 6.07) is 4.42. The van der Waals surface area contributed by atoms with Crippen molar-refractivity contribution in [1.82, 2.24) is 5.32 Å². The molecule has 0 heterocycles. The maximum Gasteiger partial charge on any atom is 0.128 e. The van der Waals surface area contributed by atoms with Crippen LogP contribution in [-0.2, 0) is 0 Å². The van der Waals surface area contributed by atoms with Crippen LogP contribution in [0.15, 0.2) is 18.2 Å². The van der Waals surface area contributed by atoms with Gasteiger partial charge in [0.15, 0.2) is 0 Å². The van der Waals surface area contributed by atoms with Crippen molar-refractivity contribution >= 4 is 24.2 Å². The second-order valence-corrected chi connectivity index (χ2v) is 3.49. The van der Waals surface area contributed by atoms with Crippen LogP contribution >= 0.6 is 24.2 Å². The monoisotopic (exact) mass is 219 g/mol. The summed E-state index contributed by atoms with van der Waals surface area (Å²) in [7, 11) is 1.77. The predicted molar refractivity (Wildman–Crippen MR) is 57.1 cm³/mol. The number of rotatable bonds is 3. The van der Waals surface area contributed by atoms with Crippen molar-refractivity contribution in [3.05, 3.63) is 34.6 Å². The van der Waals surface area contributed by atoms with E-state index in [1.54, 1.807) is 13.1 Å². The van der Waals surface area contributed by atoms with Gasteiger partial charge in [-0.1, -0.05) is 11.6 Å². The van der Waals surface area contributed by atoms with Gasteiger partial charge in [-0.3, -0.25) is 0 Å². The molecular formula is C9H11ClFNS. The Kier molecular flexibility index (Phi) is 4.03. The molecule has 1 aromatic rings. The average Bonchev–Trinajstić information content (AvgIpc) is 2.13. The Labute approximate surface area is 87.7 Å². The van der Waals surface area contributed by atoms with E-state index >= 15 is 0 Å². The number of thiol groups is 1. The molecule has 1 unspecified atom stereocenters. The molecule has 0 aliphatic rings. The van der Waals surface area contributed by atoms with E-state index < -0.39 is 0 Å². The first-order chi connectivity index (χ1) is 6.19. The molecule has 1 nitrogen and oxygen atoms in total. The minimum Gasteiger partial charge on any atom is -0.312 e. The van der Waals surface area contributed by atoms with Crippen LogP contribution in [0, 0.1) is 5.82 Å². The summed E-state index contributed by atoms with van der Waals surface area (Å²) in [5, 5.41) is 3.50. The van der Waals surface area contributed by atoms with Crippen molar-refractivity contribution in [2.24, 2.45) is 0 Å². The summed E-state index contributed by atoms with van der Waals surface area (Å²) in [4.78, 5) is 0. The lowest BCUT2D eigenvalue weighted by Crippen LogP contribution is -2.19. The minimum absolute atomic E-state index is 0.0953. The van der Waals surface area contributed by atoms with Crippen molar-refractivity contribution in [2.45, 2.75) is 6.04 Å². The molecule has 1 aromatic carbocycles. The number of benzene rings is 1. The van der Waals surface area contributed by atoms with Crippen molar-refractivity contribution in [2.75, 3.05) is 12.8 Å². The Balaban J connectivity index is 3.03. The molecule has 13 heavy (non-hydrogen) atoms. The Bertz CT molecular complexity index is 289. The summed E-state index contributed by atoms with van der Waals surface area (Å²) in [5.74, 6) is 0.283. The Morgan fingerprint density at radius 2 is 2.31 bits per heavy atom. The number of hydrogen-bond donors (Lipinski definition) is 2. The highest BCUT2D eigenvalue weighted by Crippen LogP contribution is 2.21. The van der Waals surface area contributed by atoms with E-state index in [9.17, 15) is 4.39 Å². The molecule has 0 saturated heterocycles. The number of halogens is 2. The smallest absolute Gasteiger partial charge is 0.128 e. The van der Waals surface area contributed by atoms with E-state index in [1.165, 1.54) is 12.1 Å². The fraction of sp³-hybridized carbons (Fsp3) is 0.333. The van der Waals surface area contributed by atoms with Gasteiger partial charge in [0.05, 0.1) is 0 Å². The molecule has 1 atom stereocenters. The molecule has 0 bridgehead atoms. The largest absolute Gasteiger partial charge is 0.312 e. The standard InChI is InChI=1S/C9H11ClFNS/c1-12-9(5-13)7-4-6(10)2-3-8(7)11/h2-4,9,12-13H,5H2,1H3. The summed E-state index contributed by atoms with van der Waals surface area (Å²) >= 11 is 9.87. The zero-order valence-electron chi connectivity index (χ0n) is 7.22. The van der Waals surface area contributed by atoms with Crippen LogP contribution in [0.5, 0.6) is 0 Å². The van der Waals surface area contributed by atoms with Crippen LogP contribution in [0.4, 0.5) is 4.39 Å². The molecule has 0 aromatic heterocycles. The van der Waals surface area contributed by atoms with Gasteiger partial charge in [-0.2, -0.15) is 12.6 Å². The summed E-state index contributed by atoms with van der Waals surface area (Å²) in [5.41, 5.74) is 0.560. The van der Waals surface area contributed by atoms with Crippen LogP contribution < -0.4 is 5.32 Å². The highest BCUT2D eigenvalue weighted by Gasteiger charge is 2.12. The number of nitrogens with one attached hydrogen (secondary N) is 1. The van der Waals surface area contributed by atoms with E-state index in [1.807, 2.05) is 0 Å². The molecule has 0 radical (unpaired) electrons. The first kappa shape index (κ1) is 10.8. The number of hydrogen-bond acceptors (Lipinski definition) is 2. The maximum absolute atomic E-state index is 13.3. The molecule has 0 fully saturated rings. The SMILES string of the molecule is CNC(CS)c1cc(Cl)ccc1F. The van der Waals surface area contributed by atoms with Crippen molar-refractivity contribution in [3.8, 4) is 0 Å². The van der Waals surface area contributed by atoms with Crippen molar-refractivity contribution < 1.29 is 4.39 Å². The lowest BCUT2D eigenvalue weighted by Gasteiger charge is -2.14. The first-order valence-corrected chi connectivity index (χ1v) is 4.93. The zero-order valence-corrected chi connectivity index (χ0v) is 8.87. The van der Waals surface area contributed by atoms with Crippen LogP contribution in [0.1, 0.15) is 11.6 Å². The summed E-state index contributed by atoms with van der Waals surface area (Å²) in [6.07, 6.45) is 0. The molecule has 72 valence electrons. The molecule has 0 aliphatic heterocycles. The molecular weight excluding hydrogens is 209 g/mol. The fourth-order valence-electron chi connectivity index (χ4n) is 1.13. The molecule has 1 N–H and O–H groups in total.